The summed E-state index contributed by atoms with van der Waals surface area (Å²) in [6.07, 6.45) is 1.000. The van der Waals surface area contributed by atoms with Crippen LogP contribution in [0.1, 0.15) is 10.4 Å². The number of nitrogens with one attached hydrogen (secondary N) is 2. The molecule has 0 radical (unpaired) electrons. The van der Waals surface area contributed by atoms with Crippen LogP contribution in [0.4, 0.5) is 17.2 Å². The summed E-state index contributed by atoms with van der Waals surface area (Å²) >= 11 is 0. The SMILES string of the molecule is COc1ccccc1Oc1ncnc(NNC(=O)c2cccc([N+](=O)[O-])c2)c1[N+](=O)[O-]. The zero-order valence-electron chi connectivity index (χ0n) is 15.8. The Labute approximate surface area is 173 Å². The lowest BCUT2D eigenvalue weighted by atomic mass is 10.2. The molecule has 0 spiro atoms. The number of hydrazine groups is 1. The predicted molar refractivity (Wildman–Crippen MR) is 106 cm³/mol. The zero-order chi connectivity index (χ0) is 22.4. The second-order valence-electron chi connectivity index (χ2n) is 5.77. The first kappa shape index (κ1) is 20.9. The van der Waals surface area contributed by atoms with Crippen molar-refractivity contribution < 1.29 is 24.1 Å². The van der Waals surface area contributed by atoms with Gasteiger partial charge in [-0.3, -0.25) is 35.9 Å². The fourth-order valence-electron chi connectivity index (χ4n) is 2.45. The molecule has 0 aliphatic carbocycles. The first-order valence-corrected chi connectivity index (χ1v) is 8.51. The molecule has 158 valence electrons. The van der Waals surface area contributed by atoms with Crippen molar-refractivity contribution in [3.05, 3.63) is 80.7 Å². The van der Waals surface area contributed by atoms with Gasteiger partial charge in [-0.15, -0.1) is 0 Å². The van der Waals surface area contributed by atoms with Crippen molar-refractivity contribution in [1.82, 2.24) is 15.4 Å². The van der Waals surface area contributed by atoms with Gasteiger partial charge in [0.2, 0.25) is 5.82 Å². The van der Waals surface area contributed by atoms with Gasteiger partial charge in [-0.1, -0.05) is 18.2 Å². The molecule has 31 heavy (non-hydrogen) atoms. The molecule has 0 bridgehead atoms. The third kappa shape index (κ3) is 4.79. The average molecular weight is 426 g/mol. The van der Waals surface area contributed by atoms with Crippen molar-refractivity contribution in [2.45, 2.75) is 0 Å². The lowest BCUT2D eigenvalue weighted by Crippen LogP contribution is -2.30. The highest BCUT2D eigenvalue weighted by atomic mass is 16.6. The molecule has 3 rings (SSSR count). The maximum absolute atomic E-state index is 12.3. The fourth-order valence-corrected chi connectivity index (χ4v) is 2.45. The second kappa shape index (κ2) is 9.13. The number of para-hydroxylation sites is 2. The average Bonchev–Trinajstić information content (AvgIpc) is 2.77. The van der Waals surface area contributed by atoms with E-state index in [-0.39, 0.29) is 22.8 Å². The van der Waals surface area contributed by atoms with Crippen LogP contribution in [0.5, 0.6) is 17.4 Å². The van der Waals surface area contributed by atoms with E-state index in [1.165, 1.54) is 31.4 Å². The summed E-state index contributed by atoms with van der Waals surface area (Å²) in [5.41, 5.74) is 3.56. The van der Waals surface area contributed by atoms with Crippen LogP contribution in [0.2, 0.25) is 0 Å². The molecule has 2 N–H and O–H groups in total. The third-order valence-corrected chi connectivity index (χ3v) is 3.86. The van der Waals surface area contributed by atoms with E-state index in [0.717, 1.165) is 12.4 Å². The van der Waals surface area contributed by atoms with E-state index < -0.39 is 27.3 Å². The topological polar surface area (TPSA) is 172 Å². The van der Waals surface area contributed by atoms with Crippen molar-refractivity contribution in [1.29, 1.82) is 0 Å². The molecule has 0 atom stereocenters. The van der Waals surface area contributed by atoms with E-state index in [1.54, 1.807) is 18.2 Å². The smallest absolute Gasteiger partial charge is 0.374 e. The molecule has 1 heterocycles. The second-order valence-corrected chi connectivity index (χ2v) is 5.77. The molecule has 0 unspecified atom stereocenters. The maximum Gasteiger partial charge on any atom is 0.374 e. The number of hydrogen-bond acceptors (Lipinski definition) is 10. The minimum Gasteiger partial charge on any atom is -0.493 e. The monoisotopic (exact) mass is 426 g/mol. The number of hydrogen-bond donors (Lipinski definition) is 2. The molecule has 13 heteroatoms. The predicted octanol–water partition coefficient (Wildman–Crippen LogP) is 2.85. The van der Waals surface area contributed by atoms with Crippen molar-refractivity contribution >= 4 is 23.1 Å². The first-order valence-electron chi connectivity index (χ1n) is 8.51. The van der Waals surface area contributed by atoms with Gasteiger partial charge in [0.25, 0.3) is 11.6 Å². The number of nitrogens with zero attached hydrogens (tertiary/aromatic N) is 4. The van der Waals surface area contributed by atoms with E-state index in [1.807, 2.05) is 0 Å². The van der Waals surface area contributed by atoms with Crippen molar-refractivity contribution in [2.24, 2.45) is 0 Å². The number of anilines is 1. The van der Waals surface area contributed by atoms with E-state index in [4.69, 9.17) is 9.47 Å². The van der Waals surface area contributed by atoms with Gasteiger partial charge in [-0.05, 0) is 18.2 Å². The summed E-state index contributed by atoms with van der Waals surface area (Å²) in [7, 11) is 1.41. The van der Waals surface area contributed by atoms with Gasteiger partial charge in [0, 0.05) is 17.7 Å². The molecule has 1 amide bonds. The lowest BCUT2D eigenvalue weighted by molar-refractivity contribution is -0.385. The van der Waals surface area contributed by atoms with Crippen LogP contribution < -0.4 is 20.3 Å². The van der Waals surface area contributed by atoms with Crippen LogP contribution >= 0.6 is 0 Å². The number of rotatable bonds is 8. The van der Waals surface area contributed by atoms with Crippen LogP contribution in [0, 0.1) is 20.2 Å². The maximum atomic E-state index is 12.3. The molecule has 2 aromatic carbocycles. The minimum atomic E-state index is -0.785. The number of amides is 1. The normalized spacial score (nSPS) is 10.1. The van der Waals surface area contributed by atoms with Crippen molar-refractivity contribution in [3.8, 4) is 17.4 Å². The van der Waals surface area contributed by atoms with Gasteiger partial charge in [-0.25, -0.2) is 4.98 Å². The number of aromatic nitrogens is 2. The van der Waals surface area contributed by atoms with Crippen LogP contribution in [-0.2, 0) is 0 Å². The standard InChI is InChI=1S/C18H14N6O7/c1-30-13-7-2-3-8-14(13)31-18-15(24(28)29)16(19-10-20-18)21-22-17(25)11-5-4-6-12(9-11)23(26)27/h2-10H,1H3,(H,22,25)(H,19,20,21). The quantitative estimate of drug-likeness (QED) is 0.403. The molecule has 13 nitrogen and oxygen atoms in total. The zero-order valence-corrected chi connectivity index (χ0v) is 15.8. The summed E-state index contributed by atoms with van der Waals surface area (Å²) in [4.78, 5) is 40.8. The van der Waals surface area contributed by atoms with E-state index in [0.29, 0.717) is 5.75 Å². The van der Waals surface area contributed by atoms with Gasteiger partial charge < -0.3 is 9.47 Å². The molecule has 0 aliphatic heterocycles. The number of methoxy groups -OCH3 is 1. The molecule has 1 aromatic heterocycles. The largest absolute Gasteiger partial charge is 0.493 e. The minimum absolute atomic E-state index is 0.0381. The summed E-state index contributed by atoms with van der Waals surface area (Å²) in [6, 6.07) is 11.4. The molecule has 0 aliphatic rings. The van der Waals surface area contributed by atoms with Gasteiger partial charge in [0.1, 0.15) is 6.33 Å². The van der Waals surface area contributed by atoms with Gasteiger partial charge in [0.15, 0.2) is 11.5 Å². The molecule has 0 saturated carbocycles. The van der Waals surface area contributed by atoms with Crippen LogP contribution in [0.3, 0.4) is 0 Å². The van der Waals surface area contributed by atoms with Crippen LogP contribution in [-0.4, -0.2) is 32.8 Å². The van der Waals surface area contributed by atoms with E-state index in [9.17, 15) is 25.0 Å². The van der Waals surface area contributed by atoms with Gasteiger partial charge in [-0.2, -0.15) is 4.98 Å². The third-order valence-electron chi connectivity index (χ3n) is 3.86. The highest BCUT2D eigenvalue weighted by Gasteiger charge is 2.26. The highest BCUT2D eigenvalue weighted by Crippen LogP contribution is 2.37. The molecular weight excluding hydrogens is 412 g/mol. The molecule has 0 saturated heterocycles. The Morgan fingerprint density at radius 1 is 1.00 bits per heavy atom. The summed E-state index contributed by atoms with van der Waals surface area (Å²) in [6.45, 7) is 0. The number of non-ortho nitro benzene ring substituents is 1. The number of carbonyl (C=O) groups is 1. The Morgan fingerprint density at radius 3 is 2.42 bits per heavy atom. The molecular formula is C18H14N6O7. The Kier molecular flexibility index (Phi) is 6.16. The summed E-state index contributed by atoms with van der Waals surface area (Å²) in [5.74, 6) is -1.02. The molecule has 0 fully saturated rings. The number of ether oxygens (including phenoxy) is 2. The van der Waals surface area contributed by atoms with E-state index >= 15 is 0 Å². The Bertz CT molecular complexity index is 1150. The number of benzene rings is 2. The molecule has 3 aromatic rings. The number of nitro benzene ring substituents is 1. The Hall–Kier alpha value is -4.81. The van der Waals surface area contributed by atoms with Gasteiger partial charge >= 0.3 is 11.6 Å². The Balaban J connectivity index is 1.84. The lowest BCUT2D eigenvalue weighted by Gasteiger charge is -2.11. The summed E-state index contributed by atoms with van der Waals surface area (Å²) < 4.78 is 10.7. The fraction of sp³-hybridized carbons (Fsp3) is 0.0556. The number of carbonyl (C=O) groups excluding carboxylic acids is 1. The van der Waals surface area contributed by atoms with E-state index in [2.05, 4.69) is 20.8 Å². The van der Waals surface area contributed by atoms with Gasteiger partial charge in [0.05, 0.1) is 17.0 Å². The van der Waals surface area contributed by atoms with Crippen LogP contribution in [0.15, 0.2) is 54.9 Å². The van der Waals surface area contributed by atoms with Crippen molar-refractivity contribution in [2.75, 3.05) is 12.5 Å². The first-order chi connectivity index (χ1) is 14.9. The van der Waals surface area contributed by atoms with Crippen LogP contribution in [0.25, 0.3) is 0 Å². The highest BCUT2D eigenvalue weighted by molar-refractivity contribution is 5.95. The van der Waals surface area contributed by atoms with Crippen molar-refractivity contribution in [3.63, 3.8) is 0 Å². The summed E-state index contributed by atoms with van der Waals surface area (Å²) in [5, 5.41) is 22.5. The number of nitro groups is 2. The Morgan fingerprint density at radius 2 is 1.74 bits per heavy atom.